The van der Waals surface area contributed by atoms with Crippen molar-refractivity contribution in [1.29, 1.82) is 0 Å². The molecule has 1 rings (SSSR count). The summed E-state index contributed by atoms with van der Waals surface area (Å²) in [5.74, 6) is 0.816. The SMILES string of the molecule is CC(C)CCNCC(C)N1CCCCC1C. The van der Waals surface area contributed by atoms with E-state index in [1.165, 1.54) is 38.8 Å². The third-order valence-electron chi connectivity index (χ3n) is 3.76. The minimum Gasteiger partial charge on any atom is -0.315 e. The fraction of sp³-hybridized carbons (Fsp3) is 1.00. The Morgan fingerprint density at radius 3 is 2.62 bits per heavy atom. The zero-order chi connectivity index (χ0) is 12.0. The normalized spacial score (nSPS) is 24.9. The molecule has 96 valence electrons. The summed E-state index contributed by atoms with van der Waals surface area (Å²) < 4.78 is 0. The van der Waals surface area contributed by atoms with Gasteiger partial charge in [-0.15, -0.1) is 0 Å². The molecule has 1 fully saturated rings. The van der Waals surface area contributed by atoms with E-state index in [0.717, 1.165) is 18.5 Å². The molecule has 0 bridgehead atoms. The molecular formula is C14H30N2. The smallest absolute Gasteiger partial charge is 0.0195 e. The molecule has 0 saturated carbocycles. The first-order valence-electron chi connectivity index (χ1n) is 7.07. The van der Waals surface area contributed by atoms with E-state index in [0.29, 0.717) is 6.04 Å². The Bertz CT molecular complexity index is 180. The Labute approximate surface area is 102 Å². The van der Waals surface area contributed by atoms with Crippen molar-refractivity contribution in [2.45, 2.75) is 65.5 Å². The molecule has 2 heteroatoms. The van der Waals surface area contributed by atoms with Crippen molar-refractivity contribution in [1.82, 2.24) is 10.2 Å². The number of hydrogen-bond acceptors (Lipinski definition) is 2. The van der Waals surface area contributed by atoms with Gasteiger partial charge in [0, 0.05) is 18.6 Å². The van der Waals surface area contributed by atoms with Gasteiger partial charge >= 0.3 is 0 Å². The Morgan fingerprint density at radius 1 is 1.25 bits per heavy atom. The Morgan fingerprint density at radius 2 is 2.00 bits per heavy atom. The predicted octanol–water partition coefficient (Wildman–Crippen LogP) is 2.89. The van der Waals surface area contributed by atoms with Crippen LogP contribution in [0.25, 0.3) is 0 Å². The summed E-state index contributed by atoms with van der Waals surface area (Å²) in [5.41, 5.74) is 0. The molecule has 0 spiro atoms. The van der Waals surface area contributed by atoms with Gasteiger partial charge < -0.3 is 5.32 Å². The maximum Gasteiger partial charge on any atom is 0.0195 e. The highest BCUT2D eigenvalue weighted by Crippen LogP contribution is 2.18. The van der Waals surface area contributed by atoms with Gasteiger partial charge in [-0.05, 0) is 52.1 Å². The molecule has 1 N–H and O–H groups in total. The third kappa shape index (κ3) is 4.84. The Kier molecular flexibility index (Phi) is 6.37. The number of rotatable bonds is 6. The van der Waals surface area contributed by atoms with Gasteiger partial charge in [0.1, 0.15) is 0 Å². The van der Waals surface area contributed by atoms with E-state index in [4.69, 9.17) is 0 Å². The topological polar surface area (TPSA) is 15.3 Å². The number of nitrogens with zero attached hydrogens (tertiary/aromatic N) is 1. The highest BCUT2D eigenvalue weighted by molar-refractivity contribution is 4.79. The highest BCUT2D eigenvalue weighted by atomic mass is 15.2. The van der Waals surface area contributed by atoms with E-state index in [9.17, 15) is 0 Å². The van der Waals surface area contributed by atoms with Crippen molar-refractivity contribution in [3.8, 4) is 0 Å². The van der Waals surface area contributed by atoms with Crippen LogP contribution in [0.1, 0.15) is 53.4 Å². The first-order chi connectivity index (χ1) is 7.61. The quantitative estimate of drug-likeness (QED) is 0.701. The van der Waals surface area contributed by atoms with E-state index in [1.807, 2.05) is 0 Å². The van der Waals surface area contributed by atoms with Crippen LogP contribution < -0.4 is 5.32 Å². The fourth-order valence-corrected chi connectivity index (χ4v) is 2.59. The molecule has 1 saturated heterocycles. The van der Waals surface area contributed by atoms with Gasteiger partial charge in [0.15, 0.2) is 0 Å². The van der Waals surface area contributed by atoms with Gasteiger partial charge in [0.25, 0.3) is 0 Å². The summed E-state index contributed by atoms with van der Waals surface area (Å²) in [6.07, 6.45) is 5.49. The second-order valence-electron chi connectivity index (χ2n) is 5.82. The number of hydrogen-bond donors (Lipinski definition) is 1. The van der Waals surface area contributed by atoms with Crippen LogP contribution in [0, 0.1) is 5.92 Å². The molecule has 0 aromatic carbocycles. The van der Waals surface area contributed by atoms with Crippen LogP contribution >= 0.6 is 0 Å². The number of likely N-dealkylation sites (tertiary alicyclic amines) is 1. The van der Waals surface area contributed by atoms with Crippen LogP contribution in [-0.4, -0.2) is 36.6 Å². The summed E-state index contributed by atoms with van der Waals surface area (Å²) in [7, 11) is 0. The van der Waals surface area contributed by atoms with Crippen molar-refractivity contribution in [2.75, 3.05) is 19.6 Å². The second kappa shape index (κ2) is 7.29. The third-order valence-corrected chi connectivity index (χ3v) is 3.76. The van der Waals surface area contributed by atoms with Crippen molar-refractivity contribution in [3.05, 3.63) is 0 Å². The van der Waals surface area contributed by atoms with E-state index >= 15 is 0 Å². The van der Waals surface area contributed by atoms with Crippen LogP contribution in [0.3, 0.4) is 0 Å². The van der Waals surface area contributed by atoms with E-state index < -0.39 is 0 Å². The molecule has 0 aromatic heterocycles. The van der Waals surface area contributed by atoms with Gasteiger partial charge in [0.2, 0.25) is 0 Å². The molecule has 0 aromatic rings. The van der Waals surface area contributed by atoms with Crippen molar-refractivity contribution >= 4 is 0 Å². The first kappa shape index (κ1) is 14.0. The van der Waals surface area contributed by atoms with Crippen LogP contribution in [0.4, 0.5) is 0 Å². The summed E-state index contributed by atoms with van der Waals surface area (Å²) in [4.78, 5) is 2.67. The monoisotopic (exact) mass is 226 g/mol. The molecule has 2 unspecified atom stereocenters. The maximum atomic E-state index is 3.59. The summed E-state index contributed by atoms with van der Waals surface area (Å²) in [6.45, 7) is 12.9. The standard InChI is InChI=1S/C14H30N2/c1-12(2)8-9-15-11-14(4)16-10-6-5-7-13(16)3/h12-15H,5-11H2,1-4H3. The molecule has 0 radical (unpaired) electrons. The fourth-order valence-electron chi connectivity index (χ4n) is 2.59. The average molecular weight is 226 g/mol. The minimum atomic E-state index is 0.697. The van der Waals surface area contributed by atoms with E-state index in [2.05, 4.69) is 37.9 Å². The van der Waals surface area contributed by atoms with Gasteiger partial charge in [-0.25, -0.2) is 0 Å². The Hall–Kier alpha value is -0.0800. The Balaban J connectivity index is 2.15. The lowest BCUT2D eigenvalue weighted by Crippen LogP contribution is -2.47. The molecule has 0 aliphatic carbocycles. The van der Waals surface area contributed by atoms with Crippen LogP contribution in [0.15, 0.2) is 0 Å². The molecular weight excluding hydrogens is 196 g/mol. The van der Waals surface area contributed by atoms with E-state index in [1.54, 1.807) is 0 Å². The van der Waals surface area contributed by atoms with Gasteiger partial charge in [-0.3, -0.25) is 4.90 Å². The van der Waals surface area contributed by atoms with E-state index in [-0.39, 0.29) is 0 Å². The lowest BCUT2D eigenvalue weighted by atomic mass is 10.0. The maximum absolute atomic E-state index is 3.59. The molecule has 1 aliphatic rings. The number of nitrogens with one attached hydrogen (secondary N) is 1. The van der Waals surface area contributed by atoms with Crippen molar-refractivity contribution < 1.29 is 0 Å². The van der Waals surface area contributed by atoms with Crippen molar-refractivity contribution in [3.63, 3.8) is 0 Å². The molecule has 16 heavy (non-hydrogen) atoms. The molecule has 2 nitrogen and oxygen atoms in total. The van der Waals surface area contributed by atoms with Gasteiger partial charge in [-0.1, -0.05) is 20.3 Å². The van der Waals surface area contributed by atoms with Crippen molar-refractivity contribution in [2.24, 2.45) is 5.92 Å². The summed E-state index contributed by atoms with van der Waals surface area (Å²) >= 11 is 0. The predicted molar refractivity (Wildman–Crippen MR) is 71.8 cm³/mol. The van der Waals surface area contributed by atoms with Gasteiger partial charge in [0.05, 0.1) is 0 Å². The largest absolute Gasteiger partial charge is 0.315 e. The number of piperidine rings is 1. The van der Waals surface area contributed by atoms with Crippen LogP contribution in [0.2, 0.25) is 0 Å². The molecule has 1 aliphatic heterocycles. The molecule has 1 heterocycles. The average Bonchev–Trinajstić information content (AvgIpc) is 2.24. The zero-order valence-corrected chi connectivity index (χ0v) is 11.6. The lowest BCUT2D eigenvalue weighted by molar-refractivity contribution is 0.113. The second-order valence-corrected chi connectivity index (χ2v) is 5.82. The van der Waals surface area contributed by atoms with Crippen LogP contribution in [-0.2, 0) is 0 Å². The van der Waals surface area contributed by atoms with Gasteiger partial charge in [-0.2, -0.15) is 0 Å². The summed E-state index contributed by atoms with van der Waals surface area (Å²) in [5, 5.41) is 3.59. The molecule has 0 amide bonds. The first-order valence-corrected chi connectivity index (χ1v) is 7.07. The summed E-state index contributed by atoms with van der Waals surface area (Å²) in [6, 6.07) is 1.48. The van der Waals surface area contributed by atoms with Crippen LogP contribution in [0.5, 0.6) is 0 Å². The zero-order valence-electron chi connectivity index (χ0n) is 11.6. The highest BCUT2D eigenvalue weighted by Gasteiger charge is 2.22. The minimum absolute atomic E-state index is 0.697. The molecule has 2 atom stereocenters. The lowest BCUT2D eigenvalue weighted by Gasteiger charge is -2.38.